The number of carbonyl (C=O) groups excluding carboxylic acids is 1. The van der Waals surface area contributed by atoms with Crippen LogP contribution in [0.4, 0.5) is 20.6 Å². The van der Waals surface area contributed by atoms with Crippen molar-refractivity contribution in [1.29, 1.82) is 0 Å². The van der Waals surface area contributed by atoms with Crippen molar-refractivity contribution in [3.63, 3.8) is 0 Å². The number of rotatable bonds is 5. The first-order valence-electron chi connectivity index (χ1n) is 10.2. The molecule has 2 aromatic heterocycles. The number of cyclic esters (lactones) is 1. The van der Waals surface area contributed by atoms with Crippen molar-refractivity contribution in [2.45, 2.75) is 31.4 Å². The van der Waals surface area contributed by atoms with Gasteiger partial charge in [0.1, 0.15) is 11.9 Å². The number of anilines is 2. The maximum atomic E-state index is 15.0. The number of hydrogen-bond donors (Lipinski definition) is 0. The van der Waals surface area contributed by atoms with E-state index in [9.17, 15) is 9.18 Å². The van der Waals surface area contributed by atoms with E-state index in [1.165, 1.54) is 15.8 Å². The van der Waals surface area contributed by atoms with Gasteiger partial charge in [-0.3, -0.25) is 4.90 Å². The Morgan fingerprint density at radius 3 is 2.74 bits per heavy atom. The summed E-state index contributed by atoms with van der Waals surface area (Å²) in [5, 5.41) is 19.9. The Morgan fingerprint density at radius 1 is 1.23 bits per heavy atom. The minimum Gasteiger partial charge on any atom is -0.442 e. The number of carbonyl (C=O) groups is 1. The molecule has 0 radical (unpaired) electrons. The zero-order chi connectivity index (χ0) is 21.4. The maximum absolute atomic E-state index is 15.0. The number of halogens is 1. The molecule has 1 atom stereocenters. The number of tetrazole rings is 1. The molecule has 0 bridgehead atoms. The molecule has 0 aliphatic carbocycles. The van der Waals surface area contributed by atoms with E-state index in [2.05, 4.69) is 25.7 Å². The maximum Gasteiger partial charge on any atom is 0.414 e. The van der Waals surface area contributed by atoms with Gasteiger partial charge < -0.3 is 9.64 Å². The van der Waals surface area contributed by atoms with E-state index in [-0.39, 0.29) is 17.8 Å². The average molecular weight is 427 g/mol. The molecule has 2 saturated heterocycles. The number of aromatic nitrogens is 7. The first-order valence-corrected chi connectivity index (χ1v) is 10.2. The quantitative estimate of drug-likeness (QED) is 0.601. The molecule has 2 aliphatic rings. The van der Waals surface area contributed by atoms with Crippen LogP contribution >= 0.6 is 0 Å². The van der Waals surface area contributed by atoms with Gasteiger partial charge in [0.2, 0.25) is 0 Å². The first-order chi connectivity index (χ1) is 15.1. The predicted octanol–water partition coefficient (Wildman–Crippen LogP) is 1.35. The average Bonchev–Trinajstić information content (AvgIpc) is 3.51. The van der Waals surface area contributed by atoms with Gasteiger partial charge in [0, 0.05) is 25.2 Å². The predicted molar refractivity (Wildman–Crippen MR) is 107 cm³/mol. The molecule has 162 valence electrons. The molecule has 0 saturated carbocycles. The van der Waals surface area contributed by atoms with E-state index < -0.39 is 6.09 Å². The molecular formula is C19H22FN9O2. The fraction of sp³-hybridized carbons (Fsp3) is 0.474. The normalized spacial score (nSPS) is 19.8. The van der Waals surface area contributed by atoms with E-state index >= 15 is 0 Å². The lowest BCUT2D eigenvalue weighted by atomic mass is 9.96. The zero-order valence-electron chi connectivity index (χ0n) is 17.0. The van der Waals surface area contributed by atoms with Crippen LogP contribution < -0.4 is 9.80 Å². The molecule has 1 amide bonds. The number of piperidine rings is 1. The van der Waals surface area contributed by atoms with Crippen LogP contribution in [0.15, 0.2) is 30.6 Å². The van der Waals surface area contributed by atoms with Gasteiger partial charge in [-0.05, 0) is 36.3 Å². The summed E-state index contributed by atoms with van der Waals surface area (Å²) in [5.41, 5.74) is 1.01. The zero-order valence-corrected chi connectivity index (χ0v) is 17.0. The lowest BCUT2D eigenvalue weighted by molar-refractivity contribution is 0.129. The van der Waals surface area contributed by atoms with E-state index in [0.29, 0.717) is 37.6 Å². The van der Waals surface area contributed by atoms with Gasteiger partial charge in [0.25, 0.3) is 0 Å². The van der Waals surface area contributed by atoms with Gasteiger partial charge in [0.15, 0.2) is 5.82 Å². The molecule has 31 heavy (non-hydrogen) atoms. The molecular weight excluding hydrogens is 405 g/mol. The number of nitrogens with zero attached hydrogens (tertiary/aromatic N) is 9. The van der Waals surface area contributed by atoms with Crippen LogP contribution in [0.25, 0.3) is 0 Å². The van der Waals surface area contributed by atoms with Crippen LogP contribution in [0.2, 0.25) is 0 Å². The summed E-state index contributed by atoms with van der Waals surface area (Å²) >= 11 is 0. The van der Waals surface area contributed by atoms with Gasteiger partial charge in [-0.15, -0.1) is 15.3 Å². The van der Waals surface area contributed by atoms with Gasteiger partial charge in [-0.25, -0.2) is 13.9 Å². The molecule has 2 aliphatic heterocycles. The minimum absolute atomic E-state index is 0.230. The fourth-order valence-electron chi connectivity index (χ4n) is 4.13. The highest BCUT2D eigenvalue weighted by Gasteiger charge is 2.33. The van der Waals surface area contributed by atoms with E-state index in [4.69, 9.17) is 4.74 Å². The van der Waals surface area contributed by atoms with Gasteiger partial charge in [-0.2, -0.15) is 4.80 Å². The highest BCUT2D eigenvalue weighted by Crippen LogP contribution is 2.32. The first kappa shape index (κ1) is 19.4. The second kappa shape index (κ2) is 7.93. The summed E-state index contributed by atoms with van der Waals surface area (Å²) in [6, 6.07) is 4.88. The van der Waals surface area contributed by atoms with E-state index in [0.717, 1.165) is 18.7 Å². The monoisotopic (exact) mass is 427 g/mol. The van der Waals surface area contributed by atoms with E-state index in [1.807, 2.05) is 4.90 Å². The third-order valence-electron chi connectivity index (χ3n) is 5.70. The molecule has 0 spiro atoms. The second-order valence-corrected chi connectivity index (χ2v) is 7.78. The Bertz CT molecular complexity index is 1060. The summed E-state index contributed by atoms with van der Waals surface area (Å²) in [4.78, 5) is 17.2. The van der Waals surface area contributed by atoms with Gasteiger partial charge in [0.05, 0.1) is 37.7 Å². The number of benzene rings is 1. The van der Waals surface area contributed by atoms with Crippen molar-refractivity contribution < 1.29 is 13.9 Å². The Labute approximate surface area is 177 Å². The summed E-state index contributed by atoms with van der Waals surface area (Å²) < 4.78 is 22.0. The third-order valence-corrected chi connectivity index (χ3v) is 5.70. The highest BCUT2D eigenvalue weighted by molar-refractivity contribution is 5.90. The number of hydrogen-bond acceptors (Lipinski definition) is 8. The van der Waals surface area contributed by atoms with Gasteiger partial charge >= 0.3 is 6.09 Å². The van der Waals surface area contributed by atoms with Crippen LogP contribution in [-0.2, 0) is 18.3 Å². The van der Waals surface area contributed by atoms with Gasteiger partial charge in [-0.1, -0.05) is 5.21 Å². The second-order valence-electron chi connectivity index (χ2n) is 7.78. The molecule has 4 heterocycles. The summed E-state index contributed by atoms with van der Waals surface area (Å²) in [5.74, 6) is 0.612. The summed E-state index contributed by atoms with van der Waals surface area (Å²) in [7, 11) is 1.75. The number of aryl methyl sites for hydroxylation is 1. The third kappa shape index (κ3) is 3.92. The summed E-state index contributed by atoms with van der Waals surface area (Å²) in [6.45, 7) is 2.13. The number of ether oxygens (including phenoxy) is 1. The fourth-order valence-corrected chi connectivity index (χ4v) is 4.13. The summed E-state index contributed by atoms with van der Waals surface area (Å²) in [6.07, 6.45) is 4.06. The molecule has 1 aromatic carbocycles. The van der Waals surface area contributed by atoms with Crippen LogP contribution in [0.1, 0.15) is 24.6 Å². The van der Waals surface area contributed by atoms with Crippen LogP contribution in [0.3, 0.4) is 0 Å². The Kier molecular flexibility index (Phi) is 4.96. The standard InChI is InChI=1S/C19H22FN9O2/c1-26-23-18(22-25-26)13-4-7-27(8-5-13)17-3-2-14(10-16(17)20)29-12-15(31-19(29)30)11-28-9-6-21-24-28/h2-3,6,9-10,13,15H,4-5,7-8,11-12H2,1H3/t15-/m0/s1. The molecule has 5 rings (SSSR count). The lowest BCUT2D eigenvalue weighted by Gasteiger charge is -2.32. The van der Waals surface area contributed by atoms with Crippen molar-refractivity contribution in [2.24, 2.45) is 7.05 Å². The Morgan fingerprint density at radius 2 is 2.06 bits per heavy atom. The smallest absolute Gasteiger partial charge is 0.414 e. The SMILES string of the molecule is Cn1nnc(C2CCN(c3ccc(N4C[C@H](Cn5ccnn5)OC4=O)cc3F)CC2)n1. The van der Waals surface area contributed by atoms with Crippen molar-refractivity contribution in [3.05, 3.63) is 42.2 Å². The van der Waals surface area contributed by atoms with Crippen molar-refractivity contribution in [3.8, 4) is 0 Å². The largest absolute Gasteiger partial charge is 0.442 e. The van der Waals surface area contributed by atoms with Crippen LogP contribution in [0, 0.1) is 5.82 Å². The molecule has 0 N–H and O–H groups in total. The van der Waals surface area contributed by atoms with Crippen molar-refractivity contribution in [1.82, 2.24) is 35.2 Å². The molecule has 2 fully saturated rings. The molecule has 11 nitrogen and oxygen atoms in total. The Hall–Kier alpha value is -3.57. The lowest BCUT2D eigenvalue weighted by Crippen LogP contribution is -2.34. The highest BCUT2D eigenvalue weighted by atomic mass is 19.1. The molecule has 3 aromatic rings. The molecule has 12 heteroatoms. The van der Waals surface area contributed by atoms with Crippen LogP contribution in [0.5, 0.6) is 0 Å². The van der Waals surface area contributed by atoms with Crippen molar-refractivity contribution in [2.75, 3.05) is 29.4 Å². The molecule has 0 unspecified atom stereocenters. The topological polar surface area (TPSA) is 107 Å². The Balaban J connectivity index is 1.23. The van der Waals surface area contributed by atoms with Crippen LogP contribution in [-0.4, -0.2) is 67.0 Å². The number of amides is 1. The van der Waals surface area contributed by atoms with Crippen molar-refractivity contribution >= 4 is 17.5 Å². The minimum atomic E-state index is -0.491. The van der Waals surface area contributed by atoms with E-state index in [1.54, 1.807) is 36.3 Å².